The number of aromatic nitrogens is 2. The summed E-state index contributed by atoms with van der Waals surface area (Å²) < 4.78 is 0. The summed E-state index contributed by atoms with van der Waals surface area (Å²) in [7, 11) is 2.14. The fourth-order valence-electron chi connectivity index (χ4n) is 3.26. The molecular weight excluding hydrogens is 330 g/mol. The van der Waals surface area contributed by atoms with Gasteiger partial charge in [-0.3, -0.25) is 10.0 Å². The van der Waals surface area contributed by atoms with E-state index in [0.717, 1.165) is 42.8 Å². The van der Waals surface area contributed by atoms with E-state index in [9.17, 15) is 4.79 Å². The van der Waals surface area contributed by atoms with Crippen molar-refractivity contribution in [1.29, 1.82) is 0 Å². The third kappa shape index (κ3) is 3.14. The monoisotopic (exact) mass is 351 g/mol. The van der Waals surface area contributed by atoms with E-state index in [1.165, 1.54) is 5.69 Å². The molecule has 1 aromatic heterocycles. The van der Waals surface area contributed by atoms with Gasteiger partial charge in [-0.2, -0.15) is 0 Å². The molecule has 0 bridgehead atoms. The minimum absolute atomic E-state index is 0.378. The lowest BCUT2D eigenvalue weighted by atomic mass is 10.1. The van der Waals surface area contributed by atoms with Crippen LogP contribution >= 0.6 is 0 Å². The van der Waals surface area contributed by atoms with Crippen LogP contribution in [0.2, 0.25) is 0 Å². The second-order valence-corrected chi connectivity index (χ2v) is 6.60. The lowest BCUT2D eigenvalue weighted by Crippen LogP contribution is -2.44. The number of likely N-dealkylation sites (N-methyl/N-ethyl adjacent to an activating group) is 1. The smallest absolute Gasteiger partial charge is 0.274 e. The molecule has 1 fully saturated rings. The van der Waals surface area contributed by atoms with Crippen molar-refractivity contribution in [3.8, 4) is 11.4 Å². The zero-order valence-corrected chi connectivity index (χ0v) is 14.6. The minimum atomic E-state index is -0.541. The van der Waals surface area contributed by atoms with Crippen LogP contribution in [-0.4, -0.2) is 59.2 Å². The van der Waals surface area contributed by atoms with E-state index < -0.39 is 5.91 Å². The summed E-state index contributed by atoms with van der Waals surface area (Å²) in [6.07, 6.45) is 0. The molecule has 0 radical (unpaired) electrons. The molecule has 4 rings (SSSR count). The van der Waals surface area contributed by atoms with Crippen LogP contribution in [0.4, 0.5) is 5.69 Å². The summed E-state index contributed by atoms with van der Waals surface area (Å²) in [5, 5.41) is 8.80. The maximum atomic E-state index is 11.6. The number of amides is 1. The number of hydroxylamine groups is 1. The number of H-pyrrole nitrogens is 1. The first-order valence-electron chi connectivity index (χ1n) is 8.62. The van der Waals surface area contributed by atoms with E-state index in [-0.39, 0.29) is 0 Å². The van der Waals surface area contributed by atoms with Gasteiger partial charge in [0.1, 0.15) is 5.82 Å². The number of benzene rings is 2. The normalized spacial score (nSPS) is 15.4. The van der Waals surface area contributed by atoms with Gasteiger partial charge in [0, 0.05) is 43.0 Å². The first kappa shape index (κ1) is 16.6. The Labute approximate surface area is 151 Å². The van der Waals surface area contributed by atoms with Gasteiger partial charge in [0.05, 0.1) is 11.0 Å². The number of aromatic amines is 1. The Bertz CT molecular complexity index is 944. The minimum Gasteiger partial charge on any atom is -0.369 e. The zero-order chi connectivity index (χ0) is 18.1. The predicted molar refractivity (Wildman–Crippen MR) is 100 cm³/mol. The molecule has 1 aliphatic heterocycles. The van der Waals surface area contributed by atoms with Gasteiger partial charge < -0.3 is 14.8 Å². The van der Waals surface area contributed by atoms with Crippen molar-refractivity contribution in [3.05, 3.63) is 48.0 Å². The van der Waals surface area contributed by atoms with E-state index in [1.807, 2.05) is 12.1 Å². The lowest BCUT2D eigenvalue weighted by Gasteiger charge is -2.34. The molecule has 7 nitrogen and oxygen atoms in total. The first-order chi connectivity index (χ1) is 12.6. The molecule has 134 valence electrons. The van der Waals surface area contributed by atoms with Crippen LogP contribution in [0.25, 0.3) is 22.4 Å². The number of hydrogen-bond acceptors (Lipinski definition) is 5. The fraction of sp³-hybridized carbons (Fsp3) is 0.263. The fourth-order valence-corrected chi connectivity index (χ4v) is 3.26. The van der Waals surface area contributed by atoms with Crippen LogP contribution in [0.3, 0.4) is 0 Å². The van der Waals surface area contributed by atoms with Crippen LogP contribution < -0.4 is 10.4 Å². The Hall–Kier alpha value is -2.90. The first-order valence-corrected chi connectivity index (χ1v) is 8.62. The van der Waals surface area contributed by atoms with Crippen LogP contribution in [0, 0.1) is 0 Å². The number of carbonyl (C=O) groups excluding carboxylic acids is 1. The van der Waals surface area contributed by atoms with Gasteiger partial charge in [-0.05, 0) is 37.4 Å². The van der Waals surface area contributed by atoms with Gasteiger partial charge in [0.25, 0.3) is 5.91 Å². The molecule has 3 aromatic rings. The number of piperazine rings is 1. The molecule has 26 heavy (non-hydrogen) atoms. The summed E-state index contributed by atoms with van der Waals surface area (Å²) in [5.41, 5.74) is 5.86. The highest BCUT2D eigenvalue weighted by molar-refractivity contribution is 5.94. The topological polar surface area (TPSA) is 84.5 Å². The molecule has 1 saturated heterocycles. The van der Waals surface area contributed by atoms with Gasteiger partial charge in [0.2, 0.25) is 0 Å². The highest BCUT2D eigenvalue weighted by atomic mass is 16.5. The number of carbonyl (C=O) groups is 1. The standard InChI is InChI=1S/C19H21N5O2/c1-23-7-9-24(10-8-23)15-5-6-16-17(12-15)21-18(20-16)13-3-2-4-14(11-13)19(25)22-26/h2-6,11-12,26H,7-10H2,1H3,(H,20,21)(H,22,25). The lowest BCUT2D eigenvalue weighted by molar-refractivity contribution is 0.0706. The molecule has 2 heterocycles. The highest BCUT2D eigenvalue weighted by Gasteiger charge is 2.15. The van der Waals surface area contributed by atoms with E-state index in [1.54, 1.807) is 23.7 Å². The summed E-state index contributed by atoms with van der Waals surface area (Å²) in [4.78, 5) is 24.3. The molecule has 0 spiro atoms. The molecule has 0 atom stereocenters. The van der Waals surface area contributed by atoms with Gasteiger partial charge in [0.15, 0.2) is 0 Å². The Morgan fingerprint density at radius 3 is 2.73 bits per heavy atom. The number of nitrogens with one attached hydrogen (secondary N) is 2. The molecule has 0 saturated carbocycles. The summed E-state index contributed by atoms with van der Waals surface area (Å²) in [6.45, 7) is 4.14. The average molecular weight is 351 g/mol. The molecule has 7 heteroatoms. The van der Waals surface area contributed by atoms with E-state index in [2.05, 4.69) is 34.0 Å². The van der Waals surface area contributed by atoms with Crippen molar-refractivity contribution in [3.63, 3.8) is 0 Å². The Balaban J connectivity index is 1.65. The zero-order valence-electron chi connectivity index (χ0n) is 14.6. The number of rotatable bonds is 3. The van der Waals surface area contributed by atoms with Crippen molar-refractivity contribution in [2.45, 2.75) is 0 Å². The number of hydrogen-bond donors (Lipinski definition) is 3. The van der Waals surface area contributed by atoms with Crippen molar-refractivity contribution in [1.82, 2.24) is 20.3 Å². The van der Waals surface area contributed by atoms with E-state index in [0.29, 0.717) is 11.4 Å². The average Bonchev–Trinajstić information content (AvgIpc) is 3.11. The Kier molecular flexibility index (Phi) is 4.32. The van der Waals surface area contributed by atoms with Gasteiger partial charge >= 0.3 is 0 Å². The third-order valence-corrected chi connectivity index (χ3v) is 4.83. The molecule has 0 aliphatic carbocycles. The van der Waals surface area contributed by atoms with Crippen LogP contribution in [0.15, 0.2) is 42.5 Å². The number of fused-ring (bicyclic) bond motifs is 1. The maximum absolute atomic E-state index is 11.6. The van der Waals surface area contributed by atoms with E-state index >= 15 is 0 Å². The Morgan fingerprint density at radius 2 is 1.96 bits per heavy atom. The van der Waals surface area contributed by atoms with Crippen molar-refractivity contribution >= 4 is 22.6 Å². The summed E-state index contributed by atoms with van der Waals surface area (Å²) >= 11 is 0. The van der Waals surface area contributed by atoms with Gasteiger partial charge in [-0.25, -0.2) is 10.5 Å². The molecule has 2 aromatic carbocycles. The number of nitrogens with zero attached hydrogens (tertiary/aromatic N) is 3. The molecule has 1 aliphatic rings. The largest absolute Gasteiger partial charge is 0.369 e. The van der Waals surface area contributed by atoms with Crippen LogP contribution in [0.5, 0.6) is 0 Å². The second-order valence-electron chi connectivity index (χ2n) is 6.60. The third-order valence-electron chi connectivity index (χ3n) is 4.83. The number of imidazole rings is 1. The second kappa shape index (κ2) is 6.78. The SMILES string of the molecule is CN1CCN(c2ccc3[nH]c(-c4cccc(C(=O)NO)c4)nc3c2)CC1. The maximum Gasteiger partial charge on any atom is 0.274 e. The predicted octanol–water partition coefficient (Wildman–Crippen LogP) is 2.10. The van der Waals surface area contributed by atoms with E-state index in [4.69, 9.17) is 10.2 Å². The molecule has 1 amide bonds. The van der Waals surface area contributed by atoms with Gasteiger partial charge in [-0.1, -0.05) is 12.1 Å². The van der Waals surface area contributed by atoms with Crippen molar-refractivity contribution < 1.29 is 10.0 Å². The Morgan fingerprint density at radius 1 is 1.15 bits per heavy atom. The van der Waals surface area contributed by atoms with Gasteiger partial charge in [-0.15, -0.1) is 0 Å². The van der Waals surface area contributed by atoms with Crippen molar-refractivity contribution in [2.75, 3.05) is 38.1 Å². The summed E-state index contributed by atoms with van der Waals surface area (Å²) in [6, 6.07) is 13.3. The van der Waals surface area contributed by atoms with Crippen LogP contribution in [-0.2, 0) is 0 Å². The molecular formula is C19H21N5O2. The van der Waals surface area contributed by atoms with Crippen LogP contribution in [0.1, 0.15) is 10.4 Å². The molecule has 3 N–H and O–H groups in total. The number of anilines is 1. The van der Waals surface area contributed by atoms with Crippen molar-refractivity contribution in [2.24, 2.45) is 0 Å². The summed E-state index contributed by atoms with van der Waals surface area (Å²) in [5.74, 6) is 0.156. The molecule has 0 unspecified atom stereocenters. The quantitative estimate of drug-likeness (QED) is 0.497. The highest BCUT2D eigenvalue weighted by Crippen LogP contribution is 2.25.